The SMILES string of the molecule is CCc1cnc(C(C)NC(=O)NC(C)C(C)C(=O)O)s1. The van der Waals surface area contributed by atoms with E-state index in [4.69, 9.17) is 5.11 Å². The van der Waals surface area contributed by atoms with Crippen molar-refractivity contribution < 1.29 is 14.7 Å². The van der Waals surface area contributed by atoms with E-state index in [1.165, 1.54) is 4.88 Å². The summed E-state index contributed by atoms with van der Waals surface area (Å²) < 4.78 is 0. The van der Waals surface area contributed by atoms with Crippen LogP contribution in [0.4, 0.5) is 4.79 Å². The third-order valence-corrected chi connectivity index (χ3v) is 4.46. The predicted molar refractivity (Wildman–Crippen MR) is 77.8 cm³/mol. The molecule has 0 radical (unpaired) electrons. The summed E-state index contributed by atoms with van der Waals surface area (Å²) in [6, 6.07) is -1.03. The molecule has 0 saturated carbocycles. The van der Waals surface area contributed by atoms with Gasteiger partial charge in [-0.1, -0.05) is 6.92 Å². The fourth-order valence-electron chi connectivity index (χ4n) is 1.53. The Morgan fingerprint density at radius 1 is 1.35 bits per heavy atom. The summed E-state index contributed by atoms with van der Waals surface area (Å²) in [5.74, 6) is -1.57. The van der Waals surface area contributed by atoms with Gasteiger partial charge >= 0.3 is 12.0 Å². The molecule has 3 unspecified atom stereocenters. The molecule has 1 aromatic rings. The minimum atomic E-state index is -0.932. The van der Waals surface area contributed by atoms with Gasteiger partial charge in [0.2, 0.25) is 0 Å². The van der Waals surface area contributed by atoms with Crippen molar-refractivity contribution in [1.82, 2.24) is 15.6 Å². The lowest BCUT2D eigenvalue weighted by atomic mass is 10.0. The minimum absolute atomic E-state index is 0.201. The van der Waals surface area contributed by atoms with Crippen LogP contribution in [-0.4, -0.2) is 28.1 Å². The average Bonchev–Trinajstić information content (AvgIpc) is 2.86. The molecule has 2 amide bonds. The van der Waals surface area contributed by atoms with Gasteiger partial charge in [-0.2, -0.15) is 0 Å². The van der Waals surface area contributed by atoms with E-state index >= 15 is 0 Å². The number of carboxylic acids is 1. The van der Waals surface area contributed by atoms with E-state index in [9.17, 15) is 9.59 Å². The summed E-state index contributed by atoms with van der Waals surface area (Å²) in [5, 5.41) is 15.1. The Labute approximate surface area is 122 Å². The highest BCUT2D eigenvalue weighted by molar-refractivity contribution is 7.11. The van der Waals surface area contributed by atoms with Gasteiger partial charge in [-0.05, 0) is 27.2 Å². The third-order valence-electron chi connectivity index (χ3n) is 3.14. The number of aromatic nitrogens is 1. The first kappa shape index (κ1) is 16.4. The van der Waals surface area contributed by atoms with Crippen LogP contribution in [0.1, 0.15) is 43.6 Å². The monoisotopic (exact) mass is 299 g/mol. The van der Waals surface area contributed by atoms with Crippen molar-refractivity contribution in [2.45, 2.75) is 46.2 Å². The lowest BCUT2D eigenvalue weighted by Crippen LogP contribution is -2.45. The van der Waals surface area contributed by atoms with E-state index in [1.54, 1.807) is 25.2 Å². The van der Waals surface area contributed by atoms with Gasteiger partial charge in [0.15, 0.2) is 0 Å². The Hall–Kier alpha value is -1.63. The maximum absolute atomic E-state index is 11.8. The van der Waals surface area contributed by atoms with Crippen LogP contribution in [0.2, 0.25) is 0 Å². The maximum atomic E-state index is 11.8. The van der Waals surface area contributed by atoms with Crippen molar-refractivity contribution >= 4 is 23.3 Å². The van der Waals surface area contributed by atoms with Crippen LogP contribution in [0, 0.1) is 5.92 Å². The average molecular weight is 299 g/mol. The molecule has 0 fully saturated rings. The van der Waals surface area contributed by atoms with Gasteiger partial charge in [0.25, 0.3) is 0 Å². The van der Waals surface area contributed by atoms with Crippen molar-refractivity contribution in [3.8, 4) is 0 Å². The molecule has 0 aliphatic carbocycles. The van der Waals surface area contributed by atoms with E-state index in [2.05, 4.69) is 22.5 Å². The van der Waals surface area contributed by atoms with Crippen LogP contribution in [0.15, 0.2) is 6.20 Å². The maximum Gasteiger partial charge on any atom is 0.315 e. The van der Waals surface area contributed by atoms with Gasteiger partial charge in [-0.3, -0.25) is 4.79 Å². The zero-order valence-electron chi connectivity index (χ0n) is 12.1. The van der Waals surface area contributed by atoms with Crippen molar-refractivity contribution in [3.05, 3.63) is 16.1 Å². The number of aliphatic carboxylic acids is 1. The number of nitrogens with zero attached hydrogens (tertiary/aromatic N) is 1. The highest BCUT2D eigenvalue weighted by Gasteiger charge is 2.22. The quantitative estimate of drug-likeness (QED) is 0.750. The number of carboxylic acid groups (broad SMARTS) is 1. The summed E-state index contributed by atoms with van der Waals surface area (Å²) in [6.07, 6.45) is 2.73. The molecule has 0 aliphatic heterocycles. The third kappa shape index (κ3) is 4.48. The molecule has 20 heavy (non-hydrogen) atoms. The second-order valence-electron chi connectivity index (χ2n) is 4.77. The van der Waals surface area contributed by atoms with E-state index in [-0.39, 0.29) is 12.1 Å². The Morgan fingerprint density at radius 3 is 2.50 bits per heavy atom. The number of urea groups is 1. The fraction of sp³-hybridized carbons (Fsp3) is 0.615. The number of hydrogen-bond acceptors (Lipinski definition) is 4. The van der Waals surface area contributed by atoms with Gasteiger partial charge in [0, 0.05) is 17.1 Å². The Morgan fingerprint density at radius 2 is 2.00 bits per heavy atom. The highest BCUT2D eigenvalue weighted by Crippen LogP contribution is 2.20. The molecular weight excluding hydrogens is 278 g/mol. The lowest BCUT2D eigenvalue weighted by molar-refractivity contribution is -0.141. The van der Waals surface area contributed by atoms with E-state index in [1.807, 2.05) is 13.1 Å². The van der Waals surface area contributed by atoms with Gasteiger partial charge in [0.05, 0.1) is 12.0 Å². The highest BCUT2D eigenvalue weighted by atomic mass is 32.1. The fourth-order valence-corrected chi connectivity index (χ4v) is 2.39. The lowest BCUT2D eigenvalue weighted by Gasteiger charge is -2.19. The topological polar surface area (TPSA) is 91.3 Å². The molecule has 0 bridgehead atoms. The zero-order valence-corrected chi connectivity index (χ0v) is 13.0. The molecule has 1 rings (SSSR count). The van der Waals surface area contributed by atoms with Crippen LogP contribution >= 0.6 is 11.3 Å². The Bertz CT molecular complexity index is 475. The number of carbonyl (C=O) groups is 2. The largest absolute Gasteiger partial charge is 0.481 e. The van der Waals surface area contributed by atoms with E-state index < -0.39 is 17.9 Å². The Kier molecular flexibility index (Phi) is 5.94. The molecule has 0 spiro atoms. The summed E-state index contributed by atoms with van der Waals surface area (Å²) in [5.41, 5.74) is 0. The Balaban J connectivity index is 2.51. The summed E-state index contributed by atoms with van der Waals surface area (Å²) in [6.45, 7) is 7.13. The number of thiazole rings is 1. The number of amides is 2. The van der Waals surface area contributed by atoms with Crippen LogP contribution in [0.3, 0.4) is 0 Å². The van der Waals surface area contributed by atoms with Crippen LogP contribution in [-0.2, 0) is 11.2 Å². The summed E-state index contributed by atoms with van der Waals surface area (Å²) >= 11 is 1.57. The molecule has 3 N–H and O–H groups in total. The van der Waals surface area contributed by atoms with Crippen molar-refractivity contribution in [2.24, 2.45) is 5.92 Å². The van der Waals surface area contributed by atoms with Crippen molar-refractivity contribution in [1.29, 1.82) is 0 Å². The number of carbonyl (C=O) groups excluding carboxylic acids is 1. The molecule has 7 heteroatoms. The smallest absolute Gasteiger partial charge is 0.315 e. The first-order valence-corrected chi connectivity index (χ1v) is 7.41. The minimum Gasteiger partial charge on any atom is -0.481 e. The summed E-state index contributed by atoms with van der Waals surface area (Å²) in [7, 11) is 0. The predicted octanol–water partition coefficient (Wildman–Crippen LogP) is 2.17. The first-order valence-electron chi connectivity index (χ1n) is 6.59. The first-order chi connectivity index (χ1) is 9.35. The molecule has 3 atom stereocenters. The van der Waals surface area contributed by atoms with Crippen molar-refractivity contribution in [3.63, 3.8) is 0 Å². The second-order valence-corrected chi connectivity index (χ2v) is 5.92. The molecule has 6 nitrogen and oxygen atoms in total. The van der Waals surface area contributed by atoms with Crippen LogP contribution in [0.5, 0.6) is 0 Å². The zero-order chi connectivity index (χ0) is 15.3. The molecular formula is C13H21N3O3S. The molecule has 0 aliphatic rings. The second kappa shape index (κ2) is 7.23. The molecule has 1 heterocycles. The molecule has 0 aromatic carbocycles. The number of nitrogens with one attached hydrogen (secondary N) is 2. The van der Waals surface area contributed by atoms with Gasteiger partial charge in [-0.25, -0.2) is 9.78 Å². The van der Waals surface area contributed by atoms with Crippen LogP contribution in [0.25, 0.3) is 0 Å². The van der Waals surface area contributed by atoms with Gasteiger partial charge < -0.3 is 15.7 Å². The van der Waals surface area contributed by atoms with Gasteiger partial charge in [0.1, 0.15) is 5.01 Å². The van der Waals surface area contributed by atoms with E-state index in [0.717, 1.165) is 11.4 Å². The number of rotatable bonds is 6. The number of aryl methyl sites for hydroxylation is 1. The molecule has 112 valence electrons. The summed E-state index contributed by atoms with van der Waals surface area (Å²) in [4.78, 5) is 28.1. The van der Waals surface area contributed by atoms with Gasteiger partial charge in [-0.15, -0.1) is 11.3 Å². The number of hydrogen-bond donors (Lipinski definition) is 3. The van der Waals surface area contributed by atoms with Crippen LogP contribution < -0.4 is 10.6 Å². The van der Waals surface area contributed by atoms with E-state index in [0.29, 0.717) is 0 Å². The standard InChI is InChI=1S/C13H21N3O3S/c1-5-10-6-14-11(20-10)9(4)16-13(19)15-8(3)7(2)12(17)18/h6-9H,5H2,1-4H3,(H,17,18)(H2,15,16,19). The van der Waals surface area contributed by atoms with Crippen molar-refractivity contribution in [2.75, 3.05) is 0 Å². The normalized spacial score (nSPS) is 15.2. The molecule has 1 aromatic heterocycles. The molecule has 0 saturated heterocycles.